The van der Waals surface area contributed by atoms with E-state index in [4.69, 9.17) is 0 Å². The van der Waals surface area contributed by atoms with E-state index in [0.717, 1.165) is 13.0 Å². The number of benzene rings is 2. The Balaban J connectivity index is 1.51. The molecule has 0 radical (unpaired) electrons. The minimum Gasteiger partial charge on any atom is -0.338 e. The number of carbonyl (C=O) groups excluding carboxylic acids is 2. The molecule has 6 heteroatoms. The molecule has 6 nitrogen and oxygen atoms in total. The molecule has 0 aromatic heterocycles. The zero-order valence-electron chi connectivity index (χ0n) is 14.3. The Morgan fingerprint density at radius 3 is 2.62 bits per heavy atom. The van der Waals surface area contributed by atoms with Gasteiger partial charge in [0.1, 0.15) is 6.04 Å². The maximum Gasteiger partial charge on any atom is 0.249 e. The summed E-state index contributed by atoms with van der Waals surface area (Å²) in [5, 5.41) is 5.65. The monoisotopic (exact) mass is 348 g/mol. The molecule has 0 bridgehead atoms. The van der Waals surface area contributed by atoms with Crippen LogP contribution in [-0.2, 0) is 22.6 Å². The smallest absolute Gasteiger partial charge is 0.249 e. The summed E-state index contributed by atoms with van der Waals surface area (Å²) in [4.78, 5) is 31.2. The van der Waals surface area contributed by atoms with Crippen LogP contribution in [-0.4, -0.2) is 35.3 Å². The van der Waals surface area contributed by atoms with Gasteiger partial charge in [-0.3, -0.25) is 14.9 Å². The van der Waals surface area contributed by atoms with Crippen LogP contribution in [0.4, 0.5) is 5.69 Å². The predicted octanol–water partition coefficient (Wildman–Crippen LogP) is 1.93. The van der Waals surface area contributed by atoms with Crippen molar-refractivity contribution in [1.29, 1.82) is 0 Å². The van der Waals surface area contributed by atoms with Crippen LogP contribution in [0.1, 0.15) is 17.5 Å². The van der Waals surface area contributed by atoms with Crippen LogP contribution >= 0.6 is 0 Å². The molecule has 0 fully saturated rings. The van der Waals surface area contributed by atoms with E-state index in [0.29, 0.717) is 18.2 Å². The molecule has 2 heterocycles. The van der Waals surface area contributed by atoms with Crippen LogP contribution in [0.3, 0.4) is 0 Å². The number of para-hydroxylation sites is 1. The SMILES string of the molecule is O=C1CC(C(=O)Nc2ccccc2)N=C(N2CCc3ccccc3C2)N1. The van der Waals surface area contributed by atoms with E-state index < -0.39 is 6.04 Å². The minimum absolute atomic E-state index is 0.0621. The molecule has 1 atom stereocenters. The van der Waals surface area contributed by atoms with Crippen molar-refractivity contribution in [3.8, 4) is 0 Å². The van der Waals surface area contributed by atoms with E-state index in [1.54, 1.807) is 0 Å². The molecule has 2 aromatic rings. The Hall–Kier alpha value is -3.15. The molecule has 2 aromatic carbocycles. The van der Waals surface area contributed by atoms with Gasteiger partial charge in [0.2, 0.25) is 17.8 Å². The fourth-order valence-corrected chi connectivity index (χ4v) is 3.31. The first kappa shape index (κ1) is 16.3. The Kier molecular flexibility index (Phi) is 4.39. The van der Waals surface area contributed by atoms with Gasteiger partial charge in [-0.1, -0.05) is 42.5 Å². The van der Waals surface area contributed by atoms with E-state index in [1.165, 1.54) is 11.1 Å². The first-order chi connectivity index (χ1) is 12.7. The average molecular weight is 348 g/mol. The van der Waals surface area contributed by atoms with Gasteiger partial charge in [0.15, 0.2) is 0 Å². The summed E-state index contributed by atoms with van der Waals surface area (Å²) in [5.41, 5.74) is 3.25. The van der Waals surface area contributed by atoms with Crippen LogP contribution in [0.2, 0.25) is 0 Å². The van der Waals surface area contributed by atoms with Gasteiger partial charge in [0.25, 0.3) is 0 Å². The number of carbonyl (C=O) groups is 2. The Morgan fingerprint density at radius 2 is 1.81 bits per heavy atom. The zero-order chi connectivity index (χ0) is 17.9. The maximum atomic E-state index is 12.5. The number of hydrogen-bond donors (Lipinski definition) is 2. The van der Waals surface area contributed by atoms with Gasteiger partial charge in [-0.15, -0.1) is 0 Å². The lowest BCUT2D eigenvalue weighted by molar-refractivity contribution is -0.125. The number of nitrogens with one attached hydrogen (secondary N) is 2. The van der Waals surface area contributed by atoms with Gasteiger partial charge < -0.3 is 10.2 Å². The van der Waals surface area contributed by atoms with Crippen molar-refractivity contribution in [3.63, 3.8) is 0 Å². The van der Waals surface area contributed by atoms with Gasteiger partial charge in [0, 0.05) is 18.8 Å². The number of guanidine groups is 1. The number of anilines is 1. The fourth-order valence-electron chi connectivity index (χ4n) is 3.31. The summed E-state index contributed by atoms with van der Waals surface area (Å²) in [6, 6.07) is 16.8. The average Bonchev–Trinajstić information content (AvgIpc) is 2.68. The first-order valence-corrected chi connectivity index (χ1v) is 8.74. The summed E-state index contributed by atoms with van der Waals surface area (Å²) < 4.78 is 0. The lowest BCUT2D eigenvalue weighted by atomic mass is 10.00. The van der Waals surface area contributed by atoms with Crippen molar-refractivity contribution in [2.75, 3.05) is 11.9 Å². The molecule has 0 spiro atoms. The molecular weight excluding hydrogens is 328 g/mol. The summed E-state index contributed by atoms with van der Waals surface area (Å²) in [6.07, 6.45) is 0.957. The highest BCUT2D eigenvalue weighted by molar-refractivity contribution is 6.05. The van der Waals surface area contributed by atoms with Crippen LogP contribution in [0.15, 0.2) is 59.6 Å². The summed E-state index contributed by atoms with van der Waals surface area (Å²) >= 11 is 0. The third kappa shape index (κ3) is 3.44. The summed E-state index contributed by atoms with van der Waals surface area (Å²) in [7, 11) is 0. The van der Waals surface area contributed by atoms with Gasteiger partial charge >= 0.3 is 0 Å². The number of aliphatic imine (C=N–C) groups is 1. The zero-order valence-corrected chi connectivity index (χ0v) is 14.3. The number of amides is 2. The Labute approximate surface area is 151 Å². The van der Waals surface area contributed by atoms with Gasteiger partial charge in [-0.2, -0.15) is 0 Å². The number of nitrogens with zero attached hydrogens (tertiary/aromatic N) is 2. The highest BCUT2D eigenvalue weighted by atomic mass is 16.2. The Bertz CT molecular complexity index is 863. The van der Waals surface area contributed by atoms with Crippen molar-refractivity contribution >= 4 is 23.5 Å². The lowest BCUT2D eigenvalue weighted by Gasteiger charge is -2.33. The molecule has 2 aliphatic rings. The number of hydrogen-bond acceptors (Lipinski definition) is 4. The van der Waals surface area contributed by atoms with Crippen LogP contribution in [0.5, 0.6) is 0 Å². The van der Waals surface area contributed by atoms with Crippen molar-refractivity contribution in [3.05, 3.63) is 65.7 Å². The second kappa shape index (κ2) is 7.00. The summed E-state index contributed by atoms with van der Waals surface area (Å²) in [5.74, 6) is 0.0481. The third-order valence-corrected chi connectivity index (χ3v) is 4.68. The van der Waals surface area contributed by atoms with Crippen molar-refractivity contribution in [2.24, 2.45) is 4.99 Å². The van der Waals surface area contributed by atoms with Crippen molar-refractivity contribution < 1.29 is 9.59 Å². The van der Waals surface area contributed by atoms with E-state index >= 15 is 0 Å². The van der Waals surface area contributed by atoms with Gasteiger partial charge in [-0.25, -0.2) is 4.99 Å². The van der Waals surface area contributed by atoms with E-state index in [9.17, 15) is 9.59 Å². The molecule has 1 unspecified atom stereocenters. The minimum atomic E-state index is -0.712. The first-order valence-electron chi connectivity index (χ1n) is 8.74. The fraction of sp³-hybridized carbons (Fsp3) is 0.250. The molecule has 0 saturated carbocycles. The second-order valence-corrected chi connectivity index (χ2v) is 6.52. The molecule has 0 saturated heterocycles. The largest absolute Gasteiger partial charge is 0.338 e. The number of rotatable bonds is 2. The molecule has 26 heavy (non-hydrogen) atoms. The topological polar surface area (TPSA) is 73.8 Å². The number of fused-ring (bicyclic) bond motifs is 1. The van der Waals surface area contributed by atoms with Crippen molar-refractivity contribution in [2.45, 2.75) is 25.4 Å². The van der Waals surface area contributed by atoms with Gasteiger partial charge in [0.05, 0.1) is 6.42 Å². The normalized spacial score (nSPS) is 19.2. The Morgan fingerprint density at radius 1 is 1.08 bits per heavy atom. The molecule has 2 aliphatic heterocycles. The highest BCUT2D eigenvalue weighted by Gasteiger charge is 2.30. The summed E-state index contributed by atoms with van der Waals surface area (Å²) in [6.45, 7) is 1.45. The molecule has 0 aliphatic carbocycles. The van der Waals surface area contributed by atoms with E-state index in [1.807, 2.05) is 47.4 Å². The highest BCUT2D eigenvalue weighted by Crippen LogP contribution is 2.20. The lowest BCUT2D eigenvalue weighted by Crippen LogP contribution is -2.51. The van der Waals surface area contributed by atoms with Crippen LogP contribution in [0, 0.1) is 0 Å². The quantitative estimate of drug-likeness (QED) is 0.871. The standard InChI is InChI=1S/C20H20N4O2/c25-18-12-17(19(26)21-16-8-2-1-3-9-16)22-20(23-18)24-11-10-14-6-4-5-7-15(14)13-24/h1-9,17H,10-13H2,(H,21,26)(H,22,23,25). The van der Waals surface area contributed by atoms with Crippen LogP contribution in [0.25, 0.3) is 0 Å². The predicted molar refractivity (Wildman–Crippen MR) is 99.6 cm³/mol. The molecular formula is C20H20N4O2. The maximum absolute atomic E-state index is 12.5. The van der Waals surface area contributed by atoms with E-state index in [2.05, 4.69) is 27.8 Å². The molecule has 2 N–H and O–H groups in total. The molecule has 4 rings (SSSR count). The van der Waals surface area contributed by atoms with E-state index in [-0.39, 0.29) is 18.2 Å². The van der Waals surface area contributed by atoms with Crippen molar-refractivity contribution in [1.82, 2.24) is 10.2 Å². The van der Waals surface area contributed by atoms with Gasteiger partial charge in [-0.05, 0) is 29.7 Å². The third-order valence-electron chi connectivity index (χ3n) is 4.68. The molecule has 132 valence electrons. The van der Waals surface area contributed by atoms with Crippen LogP contribution < -0.4 is 10.6 Å². The molecule has 2 amide bonds. The second-order valence-electron chi connectivity index (χ2n) is 6.52.